The number of hydrogen-bond donors (Lipinski definition) is 0. The second-order valence-electron chi connectivity index (χ2n) is 11.7. The molecule has 0 heterocycles. The van der Waals surface area contributed by atoms with Crippen molar-refractivity contribution in [2.75, 3.05) is 13.1 Å². The molecule has 1 aromatic carbocycles. The molecule has 0 saturated carbocycles. The molecule has 186 valence electrons. The quantitative estimate of drug-likeness (QED) is 0.329. The van der Waals surface area contributed by atoms with Crippen molar-refractivity contribution in [3.05, 3.63) is 23.8 Å². The highest BCUT2D eigenvalue weighted by molar-refractivity contribution is 7.89. The minimum Gasteiger partial charge on any atom is -0.437 e. The molecule has 0 aromatic heterocycles. The number of rotatable bonds is 12. The van der Waals surface area contributed by atoms with Crippen molar-refractivity contribution < 1.29 is 16.6 Å². The van der Waals surface area contributed by atoms with Crippen molar-refractivity contribution in [1.82, 2.24) is 4.31 Å². The molecule has 1 rings (SSSR count). The molecule has 0 saturated heterocycles. The van der Waals surface area contributed by atoms with Gasteiger partial charge in [-0.1, -0.05) is 45.6 Å². The number of benzene rings is 1. The molecule has 0 spiro atoms. The van der Waals surface area contributed by atoms with Gasteiger partial charge in [0.05, 0.1) is 13.0 Å². The molecule has 0 atom stereocenters. The predicted molar refractivity (Wildman–Crippen MR) is 149 cm³/mol. The molecule has 10 heteroatoms. The van der Waals surface area contributed by atoms with Gasteiger partial charge in [0.1, 0.15) is 0 Å². The van der Waals surface area contributed by atoms with E-state index in [0.29, 0.717) is 18.0 Å². The molecule has 0 radical (unpaired) electrons. The monoisotopic (exact) mass is 533 g/mol. The first kappa shape index (κ1) is 29.9. The van der Waals surface area contributed by atoms with Gasteiger partial charge < -0.3 is 8.23 Å². The van der Waals surface area contributed by atoms with Crippen LogP contribution in [0.3, 0.4) is 0 Å². The van der Waals surface area contributed by atoms with Gasteiger partial charge in [0.15, 0.2) is 16.6 Å². The van der Waals surface area contributed by atoms with E-state index in [1.807, 2.05) is 26.0 Å². The Kier molecular flexibility index (Phi) is 9.99. The summed E-state index contributed by atoms with van der Waals surface area (Å²) in [4.78, 5) is 0.487. The van der Waals surface area contributed by atoms with Crippen LogP contribution >= 0.6 is 0 Å². The van der Waals surface area contributed by atoms with Crippen LogP contribution in [0.4, 0.5) is 0 Å². The lowest BCUT2D eigenvalue weighted by Gasteiger charge is -2.38. The van der Waals surface area contributed by atoms with Crippen molar-refractivity contribution in [1.29, 1.82) is 0 Å². The van der Waals surface area contributed by atoms with Crippen molar-refractivity contribution in [3.8, 4) is 0 Å². The van der Waals surface area contributed by atoms with Crippen LogP contribution in [-0.4, -0.2) is 59.1 Å². The zero-order valence-electron chi connectivity index (χ0n) is 22.5. The second-order valence-corrected chi connectivity index (χ2v) is 31.5. The molecule has 0 fully saturated rings. The number of aryl methyl sites for hydroxylation is 1. The zero-order valence-corrected chi connectivity index (χ0v) is 27.4. The number of sulfonamides is 1. The van der Waals surface area contributed by atoms with E-state index in [2.05, 4.69) is 71.5 Å². The molecule has 32 heavy (non-hydrogen) atoms. The van der Waals surface area contributed by atoms with Gasteiger partial charge in [-0.3, -0.25) is 0 Å². The Morgan fingerprint density at radius 1 is 0.812 bits per heavy atom. The summed E-state index contributed by atoms with van der Waals surface area (Å²) in [7, 11) is -11.2. The van der Waals surface area contributed by atoms with E-state index in [0.717, 1.165) is 17.7 Å². The highest BCUT2D eigenvalue weighted by atomic mass is 32.2. The van der Waals surface area contributed by atoms with Gasteiger partial charge in [0.25, 0.3) is 0 Å². The van der Waals surface area contributed by atoms with Gasteiger partial charge in [0, 0.05) is 13.1 Å². The van der Waals surface area contributed by atoms with Crippen LogP contribution in [0.15, 0.2) is 23.1 Å². The maximum Gasteiger partial charge on any atom is 0.314 e. The highest BCUT2D eigenvalue weighted by Crippen LogP contribution is 2.27. The lowest BCUT2D eigenvalue weighted by Crippen LogP contribution is -2.52. The van der Waals surface area contributed by atoms with E-state index in [4.69, 9.17) is 8.23 Å². The average Bonchev–Trinajstić information content (AvgIpc) is 2.56. The van der Waals surface area contributed by atoms with Gasteiger partial charge in [-0.2, -0.15) is 4.31 Å². The summed E-state index contributed by atoms with van der Waals surface area (Å²) in [6, 6.07) is 6.88. The molecule has 0 N–H and O–H groups in total. The van der Waals surface area contributed by atoms with E-state index < -0.39 is 43.3 Å². The minimum absolute atomic E-state index is 0.484. The number of hydrogen-bond acceptors (Lipinski definition) is 4. The van der Waals surface area contributed by atoms with Gasteiger partial charge >= 0.3 is 8.56 Å². The molecule has 1 aromatic rings. The van der Waals surface area contributed by atoms with Crippen LogP contribution in [-0.2, 0) is 24.7 Å². The molecule has 0 aliphatic carbocycles. The molecule has 0 amide bonds. The molecular weight excluding hydrogens is 487 g/mol. The van der Waals surface area contributed by atoms with Crippen molar-refractivity contribution in [3.63, 3.8) is 0 Å². The van der Waals surface area contributed by atoms with Crippen LogP contribution in [0.1, 0.15) is 19.4 Å². The van der Waals surface area contributed by atoms with Crippen molar-refractivity contribution in [2.45, 2.75) is 96.7 Å². The third kappa shape index (κ3) is 8.93. The summed E-state index contributed by atoms with van der Waals surface area (Å²) >= 11 is 0. The third-order valence-corrected chi connectivity index (χ3v) is 18.9. The largest absolute Gasteiger partial charge is 0.437 e. The lowest BCUT2D eigenvalue weighted by atomic mass is 10.2. The first-order valence-corrected chi connectivity index (χ1v) is 26.1. The number of nitrogens with zero attached hydrogens (tertiary/aromatic N) is 1. The summed E-state index contributed by atoms with van der Waals surface area (Å²) in [5.41, 5.74) is 1.18. The maximum absolute atomic E-state index is 13.3. The van der Waals surface area contributed by atoms with Crippen molar-refractivity contribution in [2.24, 2.45) is 0 Å². The van der Waals surface area contributed by atoms with E-state index >= 15 is 0 Å². The SMILES string of the molecule is CCN(CC)S(=O)(=O)c1ccc(CC[Si](C)(O[Si](C)(C)C)O[Si](C)(C)C)cc1[Si](C)(C)C. The minimum atomic E-state index is -3.48. The van der Waals surface area contributed by atoms with Crippen LogP contribution < -0.4 is 5.19 Å². The smallest absolute Gasteiger partial charge is 0.314 e. The Bertz CT molecular complexity index is 851. The van der Waals surface area contributed by atoms with E-state index in [1.54, 1.807) is 4.31 Å². The summed E-state index contributed by atoms with van der Waals surface area (Å²) < 4.78 is 41.5. The Morgan fingerprint density at radius 2 is 1.28 bits per heavy atom. The fourth-order valence-electron chi connectivity index (χ4n) is 4.04. The van der Waals surface area contributed by atoms with Gasteiger partial charge in [-0.25, -0.2) is 8.42 Å². The Hall–Kier alpha value is -0.0825. The zero-order chi connectivity index (χ0) is 25.2. The van der Waals surface area contributed by atoms with Gasteiger partial charge in [-0.05, 0) is 75.1 Å². The van der Waals surface area contributed by atoms with E-state index in [1.165, 1.54) is 5.56 Å². The predicted octanol–water partition coefficient (Wildman–Crippen LogP) is 5.58. The molecule has 5 nitrogen and oxygen atoms in total. The summed E-state index contributed by atoms with van der Waals surface area (Å²) in [5, 5.41) is 1.02. The standard InChI is InChI=1S/C22H47NO4SSi4/c1-13-23(14-2)28(24,25)21-16-15-20(19-22(21)29(3,4)5)17-18-32(12,26-30(6,7)8)27-31(9,10)11/h15-16,19H,13-14,17-18H2,1-12H3. The van der Waals surface area contributed by atoms with E-state index in [9.17, 15) is 8.42 Å². The first-order chi connectivity index (χ1) is 14.2. The Balaban J connectivity index is 3.35. The van der Waals surface area contributed by atoms with Gasteiger partial charge in [0.2, 0.25) is 10.0 Å². The highest BCUT2D eigenvalue weighted by Gasteiger charge is 2.40. The topological polar surface area (TPSA) is 55.8 Å². The first-order valence-electron chi connectivity index (χ1n) is 11.8. The summed E-state index contributed by atoms with van der Waals surface area (Å²) in [6.45, 7) is 27.0. The molecule has 0 unspecified atom stereocenters. The van der Waals surface area contributed by atoms with E-state index in [-0.39, 0.29) is 0 Å². The van der Waals surface area contributed by atoms with Crippen LogP contribution in [0, 0.1) is 0 Å². The van der Waals surface area contributed by atoms with Crippen LogP contribution in [0.2, 0.25) is 71.5 Å². The fourth-order valence-corrected chi connectivity index (χ4v) is 20.8. The maximum atomic E-state index is 13.3. The Labute approximate surface area is 202 Å². The third-order valence-electron chi connectivity index (χ3n) is 5.09. The second kappa shape index (κ2) is 10.7. The molecular formula is C22H47NO4SSi4. The lowest BCUT2D eigenvalue weighted by molar-refractivity contribution is 0.383. The molecule has 0 aliphatic rings. The Morgan fingerprint density at radius 3 is 1.66 bits per heavy atom. The van der Waals surface area contributed by atoms with Crippen LogP contribution in [0.25, 0.3) is 0 Å². The van der Waals surface area contributed by atoms with Gasteiger partial charge in [-0.15, -0.1) is 0 Å². The van der Waals surface area contributed by atoms with Crippen LogP contribution in [0.5, 0.6) is 0 Å². The van der Waals surface area contributed by atoms with Crippen molar-refractivity contribution >= 4 is 48.5 Å². The summed E-state index contributed by atoms with van der Waals surface area (Å²) in [5.74, 6) is 0. The average molecular weight is 534 g/mol. The molecule has 0 aliphatic heterocycles. The summed E-state index contributed by atoms with van der Waals surface area (Å²) in [6.07, 6.45) is 0.848. The fraction of sp³-hybridized carbons (Fsp3) is 0.727. The molecule has 0 bridgehead atoms. The normalized spacial score (nSPS) is 14.3.